The van der Waals surface area contributed by atoms with Gasteiger partial charge in [0.05, 0.1) is 10.8 Å². The Kier molecular flexibility index (Phi) is 26.0. The van der Waals surface area contributed by atoms with Gasteiger partial charge in [-0.3, -0.25) is 0 Å². The monoisotopic (exact) mass is 1500 g/mol. The predicted octanol–water partition coefficient (Wildman–Crippen LogP) is 19.5. The average molecular weight is 1500 g/mol. The molecule has 0 heterocycles. The Balaban J connectivity index is 0.000000211. The quantitative estimate of drug-likeness (QED) is 0.0621. The second-order valence-electron chi connectivity index (χ2n) is 27.7. The first-order valence-electron chi connectivity index (χ1n) is 36.2. The number of rotatable bonds is 22. The van der Waals surface area contributed by atoms with Crippen molar-refractivity contribution in [2.75, 3.05) is 25.5 Å². The van der Waals surface area contributed by atoms with Gasteiger partial charge in [0.15, 0.2) is 28.6 Å². The van der Waals surface area contributed by atoms with Gasteiger partial charge < -0.3 is 32.1 Å². The molecule has 105 heavy (non-hydrogen) atoms. The predicted molar refractivity (Wildman–Crippen MR) is 455 cm³/mol. The van der Waals surface area contributed by atoms with Crippen LogP contribution in [0.3, 0.4) is 0 Å². The second kappa shape index (κ2) is 34.3. The van der Waals surface area contributed by atoms with Crippen LogP contribution in [0, 0.1) is 83.1 Å². The van der Waals surface area contributed by atoms with Gasteiger partial charge in [-0.2, -0.15) is 0 Å². The lowest BCUT2D eigenvalue weighted by Gasteiger charge is -2.40. The van der Waals surface area contributed by atoms with Gasteiger partial charge in [0.25, 0.3) is 0 Å². The number of hydrogen-bond donors (Lipinski definition) is 0. The first-order chi connectivity index (χ1) is 50.3. The molecule has 0 fully saturated rings. The molecule has 12 aromatic rings. The zero-order valence-corrected chi connectivity index (χ0v) is 68.6. The van der Waals surface area contributed by atoms with Crippen LogP contribution in [0.25, 0.3) is 0 Å². The first-order valence-corrected chi connectivity index (χ1v) is 47.1. The SMILES string of the molecule is CCOCC.Cc1ccccc1P(=O)(CC(P(=O)(c1ccccc1C)c1ccccc1C)P(=O)(c1ccccc1C)c1ccccc1C)c1ccccc1C.Cc1ccccc1P(=O)(CC(P(=O)(c1ccccc1C)c1ccccc1C)P(=O)(c1ccccc1C)c1ccccc1C)c1ccccc1C. The molecule has 7 nitrogen and oxygen atoms in total. The Morgan fingerprint density at radius 3 is 0.419 bits per heavy atom. The zero-order valence-electron chi connectivity index (χ0n) is 63.2. The van der Waals surface area contributed by atoms with E-state index in [0.717, 1.165) is 80.0 Å². The smallest absolute Gasteiger partial charge is 0.154 e. The maximum atomic E-state index is 17.2. The van der Waals surface area contributed by atoms with Crippen molar-refractivity contribution in [3.63, 3.8) is 0 Å². The number of ether oxygens (including phenoxy) is 1. The zero-order chi connectivity index (χ0) is 75.5. The molecule has 0 unspecified atom stereocenters. The summed E-state index contributed by atoms with van der Waals surface area (Å²) in [5.74, 6) is 0. The molecule has 0 aromatic heterocycles. The maximum absolute atomic E-state index is 17.2. The van der Waals surface area contributed by atoms with Gasteiger partial charge >= 0.3 is 0 Å². The van der Waals surface area contributed by atoms with Gasteiger partial charge in [0.1, 0.15) is 14.3 Å². The van der Waals surface area contributed by atoms with E-state index in [2.05, 4.69) is 0 Å². The molecule has 12 rings (SSSR count). The maximum Gasteiger partial charge on any atom is 0.154 e. The second-order valence-corrected chi connectivity index (χ2v) is 45.7. The van der Waals surface area contributed by atoms with Gasteiger partial charge in [0, 0.05) is 89.2 Å². The minimum atomic E-state index is -3.90. The van der Waals surface area contributed by atoms with E-state index in [1.54, 1.807) is 0 Å². The Hall–Kier alpha value is -8.02. The summed E-state index contributed by atoms with van der Waals surface area (Å²) < 4.78 is 107. The number of benzene rings is 12. The Morgan fingerprint density at radius 2 is 0.314 bits per heavy atom. The van der Waals surface area contributed by atoms with Crippen molar-refractivity contribution in [3.8, 4) is 0 Å². The van der Waals surface area contributed by atoms with Crippen LogP contribution in [-0.2, 0) is 32.1 Å². The number of aryl methyl sites for hydroxylation is 12. The van der Waals surface area contributed by atoms with Crippen molar-refractivity contribution in [3.05, 3.63) is 358 Å². The molecule has 0 saturated carbocycles. The average Bonchev–Trinajstić information content (AvgIpc) is 0.711. The van der Waals surface area contributed by atoms with Crippen LogP contribution < -0.4 is 63.7 Å². The summed E-state index contributed by atoms with van der Waals surface area (Å²) in [5, 5.41) is 5.98. The first kappa shape index (κ1) is 79.5. The van der Waals surface area contributed by atoms with Crippen LogP contribution in [0.2, 0.25) is 0 Å². The van der Waals surface area contributed by atoms with Crippen LogP contribution in [0.15, 0.2) is 291 Å². The molecule has 0 aliphatic carbocycles. The van der Waals surface area contributed by atoms with Gasteiger partial charge in [-0.25, -0.2) is 0 Å². The van der Waals surface area contributed by atoms with Crippen LogP contribution in [0.5, 0.6) is 0 Å². The molecular weight excluding hydrogens is 1400 g/mol. The summed E-state index contributed by atoms with van der Waals surface area (Å²) in [6, 6.07) is 93.4. The van der Waals surface area contributed by atoms with Crippen molar-refractivity contribution in [1.29, 1.82) is 0 Å². The summed E-state index contributed by atoms with van der Waals surface area (Å²) in [5.41, 5.74) is 10.4. The largest absolute Gasteiger partial charge is 0.382 e. The molecule has 0 N–H and O–H groups in total. The lowest BCUT2D eigenvalue weighted by atomic mass is 10.2. The van der Waals surface area contributed by atoms with E-state index < -0.39 is 53.7 Å². The summed E-state index contributed by atoms with van der Waals surface area (Å²) in [4.78, 5) is 0. The molecule has 0 bridgehead atoms. The van der Waals surface area contributed by atoms with Crippen molar-refractivity contribution in [2.45, 2.75) is 108 Å². The Bertz CT molecular complexity index is 4560. The van der Waals surface area contributed by atoms with Crippen molar-refractivity contribution >= 4 is 107 Å². The van der Waals surface area contributed by atoms with Crippen molar-refractivity contribution < 1.29 is 32.1 Å². The Morgan fingerprint density at radius 1 is 0.200 bits per heavy atom. The molecule has 0 radical (unpaired) electrons. The van der Waals surface area contributed by atoms with E-state index in [9.17, 15) is 0 Å². The fraction of sp³-hybridized carbons (Fsp3) is 0.217. The highest BCUT2D eigenvalue weighted by Crippen LogP contribution is 2.72. The summed E-state index contributed by atoms with van der Waals surface area (Å²) >= 11 is 0. The number of hydrogen-bond acceptors (Lipinski definition) is 7. The van der Waals surface area contributed by atoms with Crippen LogP contribution in [0.4, 0.5) is 0 Å². The molecule has 13 heteroatoms. The molecule has 0 amide bonds. The third kappa shape index (κ3) is 15.8. The molecule has 0 aliphatic heterocycles. The molecule has 0 saturated heterocycles. The third-order valence-corrected chi connectivity index (χ3v) is 46.5. The molecule has 0 aliphatic rings. The van der Waals surface area contributed by atoms with Crippen molar-refractivity contribution in [2.24, 2.45) is 0 Å². The van der Waals surface area contributed by atoms with E-state index in [-0.39, 0.29) is 12.3 Å². The van der Waals surface area contributed by atoms with E-state index in [0.29, 0.717) is 63.7 Å². The van der Waals surface area contributed by atoms with E-state index >= 15 is 27.4 Å². The Labute approximate surface area is 625 Å². The minimum absolute atomic E-state index is 0.0530. The standard InChI is InChI=1S/2C44H45O3P3.C4H10O/c2*1-32-19-7-13-25-38(32)48(45,39-26-14-8-20-33(39)2)31-44(49(46,40-27-15-9-21-34(40)3)41-28-16-10-22-35(41)4)50(47,42-29-17-11-23-36(42)5)43-30-18-12-24-37(43)6;1-3-5-4-2/h2*7-30,44H,31H2,1-6H3;3-4H2,1-2H3. The molecule has 12 aromatic carbocycles. The molecule has 0 spiro atoms. The van der Waals surface area contributed by atoms with Gasteiger partial charge in [-0.1, -0.05) is 291 Å². The lowest BCUT2D eigenvalue weighted by molar-refractivity contribution is 0.162. The summed E-state index contributed by atoms with van der Waals surface area (Å²) in [7, 11) is -22.9. The normalized spacial score (nSPS) is 12.1. The van der Waals surface area contributed by atoms with Crippen LogP contribution in [-0.4, -0.2) is 36.3 Å². The summed E-state index contributed by atoms with van der Waals surface area (Å²) in [6.07, 6.45) is -0.106. The fourth-order valence-corrected chi connectivity index (χ4v) is 45.5. The van der Waals surface area contributed by atoms with E-state index in [1.807, 2.05) is 388 Å². The van der Waals surface area contributed by atoms with Gasteiger partial charge in [0.2, 0.25) is 0 Å². The molecule has 0 atom stereocenters. The highest BCUT2D eigenvalue weighted by Gasteiger charge is 2.57. The minimum Gasteiger partial charge on any atom is -0.382 e. The van der Waals surface area contributed by atoms with Crippen molar-refractivity contribution in [1.82, 2.24) is 0 Å². The highest BCUT2D eigenvalue weighted by atomic mass is 31.2. The summed E-state index contributed by atoms with van der Waals surface area (Å²) in [6.45, 7) is 29.4. The van der Waals surface area contributed by atoms with E-state index in [1.165, 1.54) is 0 Å². The van der Waals surface area contributed by atoms with Gasteiger partial charge in [-0.15, -0.1) is 0 Å². The van der Waals surface area contributed by atoms with E-state index in [4.69, 9.17) is 4.74 Å². The third-order valence-electron chi connectivity index (χ3n) is 20.7. The topological polar surface area (TPSA) is 112 Å². The van der Waals surface area contributed by atoms with Crippen LogP contribution in [0.1, 0.15) is 80.6 Å². The van der Waals surface area contributed by atoms with Crippen LogP contribution >= 0.6 is 42.9 Å². The van der Waals surface area contributed by atoms with Gasteiger partial charge in [-0.05, 0) is 164 Å². The molecule has 540 valence electrons. The fourth-order valence-electron chi connectivity index (χ4n) is 15.4. The highest BCUT2D eigenvalue weighted by molar-refractivity contribution is 7.97. The molecular formula is C92H100O7P6. The lowest BCUT2D eigenvalue weighted by Crippen LogP contribution is -2.39.